The third-order valence-electron chi connectivity index (χ3n) is 7.86. The lowest BCUT2D eigenvalue weighted by molar-refractivity contribution is 1.18. The molecule has 0 saturated heterocycles. The lowest BCUT2D eigenvalue weighted by Gasteiger charge is -2.26. The van der Waals surface area contributed by atoms with Gasteiger partial charge in [0.15, 0.2) is 0 Å². The minimum atomic E-state index is 1.08. The predicted molar refractivity (Wildman–Crippen MR) is 186 cm³/mol. The lowest BCUT2D eigenvalue weighted by atomic mass is 10.0. The molecule has 204 valence electrons. The Morgan fingerprint density at radius 1 is 0.452 bits per heavy atom. The van der Waals surface area contributed by atoms with E-state index in [1.165, 1.54) is 44.1 Å². The standard InChI is InChI=1S/C38H28Br2N2/c1-25-3-13-31(14-4-25)41(32-15-5-26(2)6-16-32)33-17-7-27(8-18-33)28-9-19-34(20-10-28)42-37-21-11-29(39)23-35(37)36-24-30(40)12-22-38(36)42/h3-24H,1-2H3. The van der Waals surface area contributed by atoms with E-state index < -0.39 is 0 Å². The van der Waals surface area contributed by atoms with Gasteiger partial charge in [-0.15, -0.1) is 0 Å². The summed E-state index contributed by atoms with van der Waals surface area (Å²) < 4.78 is 4.50. The molecule has 0 atom stereocenters. The summed E-state index contributed by atoms with van der Waals surface area (Å²) in [5.41, 5.74) is 11.8. The number of aryl methyl sites for hydroxylation is 2. The molecule has 0 fully saturated rings. The molecular weight excluding hydrogens is 644 g/mol. The van der Waals surface area contributed by atoms with E-state index in [2.05, 4.69) is 189 Å². The van der Waals surface area contributed by atoms with Crippen molar-refractivity contribution < 1.29 is 0 Å². The highest BCUT2D eigenvalue weighted by Crippen LogP contribution is 2.38. The average molecular weight is 672 g/mol. The molecule has 42 heavy (non-hydrogen) atoms. The number of halogens is 2. The smallest absolute Gasteiger partial charge is 0.0541 e. The van der Waals surface area contributed by atoms with E-state index in [0.717, 1.165) is 31.7 Å². The van der Waals surface area contributed by atoms with Crippen molar-refractivity contribution in [1.82, 2.24) is 4.57 Å². The summed E-state index contributed by atoms with van der Waals surface area (Å²) in [4.78, 5) is 2.31. The van der Waals surface area contributed by atoms with Crippen LogP contribution in [0.2, 0.25) is 0 Å². The first-order valence-corrected chi connectivity index (χ1v) is 15.6. The molecule has 0 radical (unpaired) electrons. The summed E-state index contributed by atoms with van der Waals surface area (Å²) >= 11 is 7.32. The van der Waals surface area contributed by atoms with E-state index in [9.17, 15) is 0 Å². The van der Waals surface area contributed by atoms with Crippen molar-refractivity contribution in [2.24, 2.45) is 0 Å². The summed E-state index contributed by atoms with van der Waals surface area (Å²) in [6.07, 6.45) is 0. The zero-order chi connectivity index (χ0) is 28.8. The zero-order valence-corrected chi connectivity index (χ0v) is 26.5. The van der Waals surface area contributed by atoms with Crippen LogP contribution in [0.5, 0.6) is 0 Å². The van der Waals surface area contributed by atoms with Gasteiger partial charge in [-0.1, -0.05) is 91.5 Å². The van der Waals surface area contributed by atoms with Gasteiger partial charge in [0.1, 0.15) is 0 Å². The molecule has 0 N–H and O–H groups in total. The molecule has 1 aromatic heterocycles. The average Bonchev–Trinajstić information content (AvgIpc) is 3.32. The van der Waals surface area contributed by atoms with Crippen LogP contribution in [0.25, 0.3) is 38.6 Å². The van der Waals surface area contributed by atoms with Crippen molar-refractivity contribution in [2.75, 3.05) is 4.90 Å². The van der Waals surface area contributed by atoms with Gasteiger partial charge in [-0.05, 0) is 110 Å². The van der Waals surface area contributed by atoms with Crippen LogP contribution in [0.1, 0.15) is 11.1 Å². The lowest BCUT2D eigenvalue weighted by Crippen LogP contribution is -2.09. The maximum Gasteiger partial charge on any atom is 0.0541 e. The van der Waals surface area contributed by atoms with Gasteiger partial charge in [0, 0.05) is 42.5 Å². The molecule has 0 unspecified atom stereocenters. The third kappa shape index (κ3) is 4.95. The molecule has 2 nitrogen and oxygen atoms in total. The van der Waals surface area contributed by atoms with Crippen LogP contribution in [0, 0.1) is 13.8 Å². The number of hydrogen-bond donors (Lipinski definition) is 0. The maximum absolute atomic E-state index is 3.66. The zero-order valence-electron chi connectivity index (χ0n) is 23.4. The van der Waals surface area contributed by atoms with Crippen molar-refractivity contribution >= 4 is 70.7 Å². The van der Waals surface area contributed by atoms with E-state index in [1.807, 2.05) is 0 Å². The summed E-state index contributed by atoms with van der Waals surface area (Å²) in [5.74, 6) is 0. The Balaban J connectivity index is 1.24. The summed E-state index contributed by atoms with van der Waals surface area (Å²) in [7, 11) is 0. The quantitative estimate of drug-likeness (QED) is 0.177. The Morgan fingerprint density at radius 2 is 0.833 bits per heavy atom. The molecule has 6 aromatic carbocycles. The monoisotopic (exact) mass is 670 g/mol. The second kappa shape index (κ2) is 10.9. The largest absolute Gasteiger partial charge is 0.311 e. The molecular formula is C38H28Br2N2. The Kier molecular flexibility index (Phi) is 6.97. The van der Waals surface area contributed by atoms with Crippen LogP contribution in [0.4, 0.5) is 17.1 Å². The number of rotatable bonds is 5. The molecule has 1 heterocycles. The predicted octanol–water partition coefficient (Wildman–Crippen LogP) is 12.1. The second-order valence-electron chi connectivity index (χ2n) is 10.8. The van der Waals surface area contributed by atoms with Crippen LogP contribution in [0.15, 0.2) is 142 Å². The van der Waals surface area contributed by atoms with Gasteiger partial charge in [-0.25, -0.2) is 0 Å². The van der Waals surface area contributed by atoms with Gasteiger partial charge in [0.25, 0.3) is 0 Å². The summed E-state index contributed by atoms with van der Waals surface area (Å²) in [5, 5.41) is 2.46. The fourth-order valence-electron chi connectivity index (χ4n) is 5.69. The maximum atomic E-state index is 3.66. The fourth-order valence-corrected chi connectivity index (χ4v) is 6.41. The van der Waals surface area contributed by atoms with Gasteiger partial charge in [0.2, 0.25) is 0 Å². The van der Waals surface area contributed by atoms with E-state index in [4.69, 9.17) is 0 Å². The van der Waals surface area contributed by atoms with Crippen LogP contribution < -0.4 is 4.90 Å². The molecule has 4 heteroatoms. The topological polar surface area (TPSA) is 8.17 Å². The Hall–Kier alpha value is -4.12. The molecule has 7 rings (SSSR count). The van der Waals surface area contributed by atoms with Crippen LogP contribution in [-0.2, 0) is 0 Å². The molecule has 0 aliphatic heterocycles. The molecule has 0 aliphatic carbocycles. The minimum Gasteiger partial charge on any atom is -0.311 e. The number of hydrogen-bond acceptors (Lipinski definition) is 1. The van der Waals surface area contributed by atoms with Crippen LogP contribution in [0.3, 0.4) is 0 Å². The summed E-state index contributed by atoms with van der Waals surface area (Å²) in [6.45, 7) is 4.25. The Bertz CT molecular complexity index is 1930. The minimum absolute atomic E-state index is 1.08. The number of aromatic nitrogens is 1. The van der Waals surface area contributed by atoms with Crippen molar-refractivity contribution in [1.29, 1.82) is 0 Å². The van der Waals surface area contributed by atoms with E-state index in [1.54, 1.807) is 0 Å². The fraction of sp³-hybridized carbons (Fsp3) is 0.0526. The normalized spacial score (nSPS) is 11.3. The highest BCUT2D eigenvalue weighted by molar-refractivity contribution is 9.10. The molecule has 0 spiro atoms. The number of nitrogens with zero attached hydrogens (tertiary/aromatic N) is 2. The highest BCUT2D eigenvalue weighted by atomic mass is 79.9. The first-order valence-electron chi connectivity index (χ1n) is 14.0. The molecule has 0 amide bonds. The summed E-state index contributed by atoms with van der Waals surface area (Å²) in [6, 6.07) is 48.2. The SMILES string of the molecule is Cc1ccc(N(c2ccc(C)cc2)c2ccc(-c3ccc(-n4c5ccc(Br)cc5c5cc(Br)ccc54)cc3)cc2)cc1. The van der Waals surface area contributed by atoms with Crippen LogP contribution in [-0.4, -0.2) is 4.57 Å². The molecule has 0 bridgehead atoms. The van der Waals surface area contributed by atoms with Gasteiger partial charge in [0.05, 0.1) is 11.0 Å². The van der Waals surface area contributed by atoms with Gasteiger partial charge in [-0.3, -0.25) is 0 Å². The molecule has 0 saturated carbocycles. The number of fused-ring (bicyclic) bond motifs is 3. The van der Waals surface area contributed by atoms with E-state index in [-0.39, 0.29) is 0 Å². The van der Waals surface area contributed by atoms with Crippen molar-refractivity contribution in [2.45, 2.75) is 13.8 Å². The number of anilines is 3. The number of benzene rings is 6. The second-order valence-corrected chi connectivity index (χ2v) is 12.6. The van der Waals surface area contributed by atoms with Crippen LogP contribution >= 0.6 is 31.9 Å². The Labute approximate surface area is 263 Å². The van der Waals surface area contributed by atoms with Crippen molar-refractivity contribution in [3.63, 3.8) is 0 Å². The third-order valence-corrected chi connectivity index (χ3v) is 8.84. The van der Waals surface area contributed by atoms with Crippen molar-refractivity contribution in [3.8, 4) is 16.8 Å². The van der Waals surface area contributed by atoms with E-state index >= 15 is 0 Å². The van der Waals surface area contributed by atoms with E-state index in [0.29, 0.717) is 0 Å². The first-order chi connectivity index (χ1) is 20.4. The highest BCUT2D eigenvalue weighted by Gasteiger charge is 2.15. The Morgan fingerprint density at radius 3 is 1.26 bits per heavy atom. The van der Waals surface area contributed by atoms with Gasteiger partial charge in [-0.2, -0.15) is 0 Å². The van der Waals surface area contributed by atoms with Gasteiger partial charge < -0.3 is 9.47 Å². The molecule has 0 aliphatic rings. The van der Waals surface area contributed by atoms with Crippen molar-refractivity contribution in [3.05, 3.63) is 154 Å². The van der Waals surface area contributed by atoms with Gasteiger partial charge >= 0.3 is 0 Å². The molecule has 7 aromatic rings. The first kappa shape index (κ1) is 26.8.